The van der Waals surface area contributed by atoms with Crippen LogP contribution < -0.4 is 9.64 Å². The fourth-order valence-electron chi connectivity index (χ4n) is 5.07. The lowest BCUT2D eigenvalue weighted by molar-refractivity contribution is -0.137. The summed E-state index contributed by atoms with van der Waals surface area (Å²) in [5.74, 6) is 0.238. The first-order valence-electron chi connectivity index (χ1n) is 11.1. The van der Waals surface area contributed by atoms with Gasteiger partial charge in [-0.3, -0.25) is 4.90 Å². The van der Waals surface area contributed by atoms with Crippen LogP contribution in [0.5, 0.6) is 5.75 Å². The molecule has 0 aromatic heterocycles. The Balaban J connectivity index is 1.85. The number of carbonyl (C=O) groups excluding carboxylic acids is 2. The smallest absolute Gasteiger partial charge is 0.342 e. The molecule has 2 aromatic rings. The standard InChI is InChI=1S/C26H25NO6/c1-5-30-24(28)21-15(3)27-19-12-7-8-13-20(19)32-14-26(27)23-17(21)10-9-11-18(23)22(16(4)33-26)25(29)31-6-2/h7-13H,5-6,14H2,1-4H3. The number of para-hydroxylation sites is 2. The molecule has 170 valence electrons. The fourth-order valence-corrected chi connectivity index (χ4v) is 5.07. The lowest BCUT2D eigenvalue weighted by atomic mass is 9.78. The second-order valence-corrected chi connectivity index (χ2v) is 8.04. The Morgan fingerprint density at radius 3 is 2.27 bits per heavy atom. The van der Waals surface area contributed by atoms with E-state index in [-0.39, 0.29) is 19.8 Å². The highest BCUT2D eigenvalue weighted by molar-refractivity contribution is 6.22. The molecule has 0 fully saturated rings. The Kier molecular flexibility index (Phi) is 4.92. The highest BCUT2D eigenvalue weighted by Gasteiger charge is 2.56. The first-order valence-corrected chi connectivity index (χ1v) is 11.1. The van der Waals surface area contributed by atoms with E-state index in [0.717, 1.165) is 5.69 Å². The first kappa shape index (κ1) is 21.1. The minimum absolute atomic E-state index is 0.176. The Morgan fingerprint density at radius 1 is 0.939 bits per heavy atom. The molecule has 7 nitrogen and oxygen atoms in total. The van der Waals surface area contributed by atoms with Crippen LogP contribution in [0.25, 0.3) is 11.1 Å². The molecule has 3 heterocycles. The van der Waals surface area contributed by atoms with E-state index < -0.39 is 17.7 Å². The molecule has 3 aliphatic rings. The number of nitrogens with zero attached hydrogens (tertiary/aromatic N) is 1. The minimum atomic E-state index is -1.08. The number of anilines is 1. The van der Waals surface area contributed by atoms with E-state index in [2.05, 4.69) is 0 Å². The van der Waals surface area contributed by atoms with Gasteiger partial charge in [0.15, 0.2) is 6.61 Å². The largest absolute Gasteiger partial charge is 0.485 e. The average Bonchev–Trinajstić information content (AvgIpc) is 2.79. The number of benzene rings is 2. The van der Waals surface area contributed by atoms with Gasteiger partial charge in [-0.25, -0.2) is 9.59 Å². The van der Waals surface area contributed by atoms with Gasteiger partial charge in [-0.15, -0.1) is 0 Å². The van der Waals surface area contributed by atoms with E-state index in [1.807, 2.05) is 54.3 Å². The molecule has 0 saturated heterocycles. The number of rotatable bonds is 4. The summed E-state index contributed by atoms with van der Waals surface area (Å²) in [7, 11) is 0. The second-order valence-electron chi connectivity index (χ2n) is 8.04. The van der Waals surface area contributed by atoms with Crippen molar-refractivity contribution in [3.63, 3.8) is 0 Å². The molecule has 1 atom stereocenters. The summed E-state index contributed by atoms with van der Waals surface area (Å²) in [6.07, 6.45) is 0. The lowest BCUT2D eigenvalue weighted by Gasteiger charge is -2.53. The number of carbonyl (C=O) groups is 2. The summed E-state index contributed by atoms with van der Waals surface area (Å²) in [6.45, 7) is 7.85. The number of esters is 2. The summed E-state index contributed by atoms with van der Waals surface area (Å²) in [5, 5.41) is 0. The van der Waals surface area contributed by atoms with Gasteiger partial charge < -0.3 is 18.9 Å². The topological polar surface area (TPSA) is 74.3 Å². The molecule has 33 heavy (non-hydrogen) atoms. The van der Waals surface area contributed by atoms with E-state index in [1.54, 1.807) is 20.8 Å². The van der Waals surface area contributed by atoms with Crippen LogP contribution in [-0.4, -0.2) is 31.8 Å². The zero-order valence-electron chi connectivity index (χ0n) is 19.1. The van der Waals surface area contributed by atoms with Gasteiger partial charge in [0, 0.05) is 22.4 Å². The fraction of sp³-hybridized carbons (Fsp3) is 0.308. The van der Waals surface area contributed by atoms with Crippen molar-refractivity contribution in [3.05, 3.63) is 70.6 Å². The van der Waals surface area contributed by atoms with Gasteiger partial charge in [-0.1, -0.05) is 30.3 Å². The molecular weight excluding hydrogens is 422 g/mol. The number of ether oxygens (including phenoxy) is 4. The quantitative estimate of drug-likeness (QED) is 0.645. The Bertz CT molecular complexity index is 1240. The maximum Gasteiger partial charge on any atom is 0.342 e. The molecule has 3 aliphatic heterocycles. The van der Waals surface area contributed by atoms with E-state index in [1.165, 1.54) is 0 Å². The van der Waals surface area contributed by atoms with Gasteiger partial charge in [0.1, 0.15) is 17.1 Å². The van der Waals surface area contributed by atoms with E-state index in [9.17, 15) is 9.59 Å². The number of fused-ring (bicyclic) bond motifs is 2. The molecule has 0 aliphatic carbocycles. The highest BCUT2D eigenvalue weighted by Crippen LogP contribution is 2.56. The van der Waals surface area contributed by atoms with E-state index in [4.69, 9.17) is 18.9 Å². The van der Waals surface area contributed by atoms with Crippen LogP contribution in [0.15, 0.2) is 53.9 Å². The Labute approximate surface area is 192 Å². The normalized spacial score (nSPS) is 20.2. The molecule has 0 radical (unpaired) electrons. The molecule has 1 unspecified atom stereocenters. The molecule has 1 spiro atoms. The van der Waals surface area contributed by atoms with Crippen LogP contribution in [-0.2, 0) is 29.5 Å². The third-order valence-corrected chi connectivity index (χ3v) is 6.21. The lowest BCUT2D eigenvalue weighted by Crippen LogP contribution is -2.58. The molecular formula is C26H25NO6. The van der Waals surface area contributed by atoms with Gasteiger partial charge in [0.2, 0.25) is 5.72 Å². The van der Waals surface area contributed by atoms with Crippen LogP contribution in [0.3, 0.4) is 0 Å². The Hall–Kier alpha value is -3.74. The predicted molar refractivity (Wildman–Crippen MR) is 122 cm³/mol. The molecule has 2 aromatic carbocycles. The maximum atomic E-state index is 13.2. The number of hydrogen-bond donors (Lipinski definition) is 0. The van der Waals surface area contributed by atoms with Gasteiger partial charge in [-0.05, 0) is 39.8 Å². The zero-order chi connectivity index (χ0) is 23.3. The van der Waals surface area contributed by atoms with Crippen LogP contribution in [0.2, 0.25) is 0 Å². The van der Waals surface area contributed by atoms with Gasteiger partial charge in [0.25, 0.3) is 0 Å². The van der Waals surface area contributed by atoms with Crippen molar-refractivity contribution in [2.75, 3.05) is 24.7 Å². The van der Waals surface area contributed by atoms with Crippen molar-refractivity contribution in [3.8, 4) is 5.75 Å². The number of hydrogen-bond acceptors (Lipinski definition) is 7. The van der Waals surface area contributed by atoms with Crippen molar-refractivity contribution in [2.45, 2.75) is 33.4 Å². The average molecular weight is 447 g/mol. The SMILES string of the molecule is CCOC(=O)C1=C(C)OC23COc4ccccc4N2C(C)=C(C(=O)OCC)c2cccc1c23. The Morgan fingerprint density at radius 2 is 1.58 bits per heavy atom. The van der Waals surface area contributed by atoms with Crippen molar-refractivity contribution in [2.24, 2.45) is 0 Å². The predicted octanol–water partition coefficient (Wildman–Crippen LogP) is 4.37. The van der Waals surface area contributed by atoms with Crippen molar-refractivity contribution >= 4 is 28.8 Å². The van der Waals surface area contributed by atoms with E-state index >= 15 is 0 Å². The van der Waals surface area contributed by atoms with Crippen LogP contribution in [0.4, 0.5) is 5.69 Å². The van der Waals surface area contributed by atoms with Gasteiger partial charge in [-0.2, -0.15) is 0 Å². The van der Waals surface area contributed by atoms with Crippen LogP contribution >= 0.6 is 0 Å². The zero-order valence-corrected chi connectivity index (χ0v) is 19.1. The molecule has 0 N–H and O–H groups in total. The van der Waals surface area contributed by atoms with Crippen molar-refractivity contribution in [1.82, 2.24) is 0 Å². The van der Waals surface area contributed by atoms with Crippen molar-refractivity contribution in [1.29, 1.82) is 0 Å². The highest BCUT2D eigenvalue weighted by atomic mass is 16.6. The molecule has 5 rings (SSSR count). The molecule has 0 amide bonds. The third-order valence-electron chi connectivity index (χ3n) is 6.21. The summed E-state index contributed by atoms with van der Waals surface area (Å²) < 4.78 is 23.5. The first-order chi connectivity index (χ1) is 15.9. The maximum absolute atomic E-state index is 13.2. The minimum Gasteiger partial charge on any atom is -0.485 e. The van der Waals surface area contributed by atoms with Gasteiger partial charge in [0.05, 0.1) is 24.5 Å². The summed E-state index contributed by atoms with van der Waals surface area (Å²) >= 11 is 0. The van der Waals surface area contributed by atoms with Crippen LogP contribution in [0, 0.1) is 0 Å². The summed E-state index contributed by atoms with van der Waals surface area (Å²) in [5.41, 5.74) is 3.20. The van der Waals surface area contributed by atoms with Crippen LogP contribution in [0.1, 0.15) is 44.4 Å². The third kappa shape index (κ3) is 2.88. The van der Waals surface area contributed by atoms with Gasteiger partial charge >= 0.3 is 11.9 Å². The van der Waals surface area contributed by atoms with Crippen molar-refractivity contribution < 1.29 is 28.5 Å². The summed E-state index contributed by atoms with van der Waals surface area (Å²) in [6, 6.07) is 13.2. The molecule has 0 bridgehead atoms. The summed E-state index contributed by atoms with van der Waals surface area (Å²) in [4.78, 5) is 28.1. The molecule has 0 saturated carbocycles. The van der Waals surface area contributed by atoms with E-state index in [0.29, 0.717) is 45.0 Å². The molecule has 7 heteroatoms. The monoisotopic (exact) mass is 447 g/mol. The number of allylic oxidation sites excluding steroid dienone is 2. The second kappa shape index (κ2) is 7.69.